The summed E-state index contributed by atoms with van der Waals surface area (Å²) in [5.41, 5.74) is 8.15. The van der Waals surface area contributed by atoms with Crippen LogP contribution in [-0.2, 0) is 6.42 Å². The molecule has 80 valence electrons. The van der Waals surface area contributed by atoms with Crippen LogP contribution in [0.1, 0.15) is 25.2 Å². The molecular formula is C12H17N3. The second-order valence-electron chi connectivity index (χ2n) is 4.42. The number of aryl methyl sites for hydroxylation is 1. The third-order valence-electron chi connectivity index (χ3n) is 2.56. The minimum Gasteiger partial charge on any atom is -0.382 e. The molecule has 2 heterocycles. The number of hydrogen-bond donors (Lipinski definition) is 1. The summed E-state index contributed by atoms with van der Waals surface area (Å²) in [6.07, 6.45) is 2.99. The molecule has 2 rings (SSSR count). The van der Waals surface area contributed by atoms with Crippen molar-refractivity contribution in [3.05, 3.63) is 29.7 Å². The average molecular weight is 203 g/mol. The Kier molecular flexibility index (Phi) is 2.39. The first kappa shape index (κ1) is 10.0. The number of hydrogen-bond acceptors (Lipinski definition) is 2. The van der Waals surface area contributed by atoms with E-state index in [0.717, 1.165) is 17.8 Å². The molecule has 0 fully saturated rings. The van der Waals surface area contributed by atoms with Gasteiger partial charge in [0.2, 0.25) is 0 Å². The molecule has 0 amide bonds. The van der Waals surface area contributed by atoms with E-state index in [1.54, 1.807) is 0 Å². The average Bonchev–Trinajstić information content (AvgIpc) is 2.44. The van der Waals surface area contributed by atoms with Gasteiger partial charge in [-0.3, -0.25) is 0 Å². The van der Waals surface area contributed by atoms with Crippen LogP contribution < -0.4 is 5.73 Å². The van der Waals surface area contributed by atoms with Crippen molar-refractivity contribution in [2.45, 2.75) is 27.2 Å². The molecule has 0 aromatic carbocycles. The summed E-state index contributed by atoms with van der Waals surface area (Å²) in [7, 11) is 0. The third kappa shape index (κ3) is 1.69. The minimum absolute atomic E-state index is 0.593. The highest BCUT2D eigenvalue weighted by Gasteiger charge is 2.10. The quantitative estimate of drug-likeness (QED) is 0.814. The summed E-state index contributed by atoms with van der Waals surface area (Å²) in [6, 6.07) is 4.10. The predicted molar refractivity (Wildman–Crippen MR) is 62.9 cm³/mol. The van der Waals surface area contributed by atoms with Crippen LogP contribution in [-0.4, -0.2) is 9.38 Å². The summed E-state index contributed by atoms with van der Waals surface area (Å²) in [6.45, 7) is 6.44. The third-order valence-corrected chi connectivity index (χ3v) is 2.56. The van der Waals surface area contributed by atoms with Crippen molar-refractivity contribution < 1.29 is 0 Å². The lowest BCUT2D eigenvalue weighted by atomic mass is 10.1. The maximum Gasteiger partial charge on any atom is 0.150 e. The van der Waals surface area contributed by atoms with Crippen LogP contribution in [0.5, 0.6) is 0 Å². The second kappa shape index (κ2) is 3.57. The van der Waals surface area contributed by atoms with Crippen molar-refractivity contribution in [1.82, 2.24) is 9.38 Å². The van der Waals surface area contributed by atoms with Gasteiger partial charge in [0.25, 0.3) is 0 Å². The number of nitrogens with zero attached hydrogens (tertiary/aromatic N) is 2. The summed E-state index contributed by atoms with van der Waals surface area (Å²) in [4.78, 5) is 4.43. The lowest BCUT2D eigenvalue weighted by Crippen LogP contribution is -2.00. The molecule has 15 heavy (non-hydrogen) atoms. The Morgan fingerprint density at radius 3 is 2.87 bits per heavy atom. The molecule has 0 saturated heterocycles. The minimum atomic E-state index is 0.593. The fraction of sp³-hybridized carbons (Fsp3) is 0.417. The largest absolute Gasteiger partial charge is 0.382 e. The Hall–Kier alpha value is -1.51. The van der Waals surface area contributed by atoms with Gasteiger partial charge < -0.3 is 10.1 Å². The number of rotatable bonds is 2. The molecule has 0 atom stereocenters. The van der Waals surface area contributed by atoms with Gasteiger partial charge in [0, 0.05) is 12.6 Å². The van der Waals surface area contributed by atoms with Crippen molar-refractivity contribution in [1.29, 1.82) is 0 Å². The molecule has 2 aromatic rings. The van der Waals surface area contributed by atoms with E-state index in [9.17, 15) is 0 Å². The Labute approximate surface area is 89.9 Å². The van der Waals surface area contributed by atoms with Gasteiger partial charge >= 0.3 is 0 Å². The van der Waals surface area contributed by atoms with E-state index < -0.39 is 0 Å². The molecule has 0 spiro atoms. The first-order chi connectivity index (χ1) is 7.09. The fourth-order valence-corrected chi connectivity index (χ4v) is 1.91. The van der Waals surface area contributed by atoms with E-state index in [4.69, 9.17) is 5.73 Å². The fourth-order valence-electron chi connectivity index (χ4n) is 1.91. The molecule has 0 saturated carbocycles. The van der Waals surface area contributed by atoms with Gasteiger partial charge in [0.05, 0.1) is 5.52 Å². The summed E-state index contributed by atoms with van der Waals surface area (Å²) < 4.78 is 2.10. The van der Waals surface area contributed by atoms with Gasteiger partial charge in [-0.15, -0.1) is 0 Å². The first-order valence-corrected chi connectivity index (χ1v) is 5.31. The van der Waals surface area contributed by atoms with Crippen LogP contribution in [0.15, 0.2) is 18.3 Å². The van der Waals surface area contributed by atoms with Gasteiger partial charge in [-0.05, 0) is 24.5 Å². The number of imidazole rings is 1. The van der Waals surface area contributed by atoms with Crippen LogP contribution >= 0.6 is 0 Å². The molecule has 2 N–H and O–H groups in total. The smallest absolute Gasteiger partial charge is 0.150 e. The lowest BCUT2D eigenvalue weighted by molar-refractivity contribution is 0.619. The molecule has 3 heteroatoms. The Bertz CT molecular complexity index is 483. The van der Waals surface area contributed by atoms with Crippen LogP contribution in [0.25, 0.3) is 5.52 Å². The van der Waals surface area contributed by atoms with E-state index in [2.05, 4.69) is 36.2 Å². The van der Waals surface area contributed by atoms with E-state index in [0.29, 0.717) is 11.7 Å². The van der Waals surface area contributed by atoms with Crippen LogP contribution in [0.2, 0.25) is 0 Å². The first-order valence-electron chi connectivity index (χ1n) is 5.31. The van der Waals surface area contributed by atoms with Crippen molar-refractivity contribution in [2.24, 2.45) is 5.92 Å². The van der Waals surface area contributed by atoms with E-state index in [1.807, 2.05) is 12.3 Å². The van der Waals surface area contributed by atoms with Gasteiger partial charge in [-0.25, -0.2) is 4.98 Å². The van der Waals surface area contributed by atoms with E-state index >= 15 is 0 Å². The standard InChI is InChI=1S/C12H17N3/c1-8(2)7-10-14-12(13)11-9(3)5-4-6-15(10)11/h4-6,8H,7,13H2,1-3H3. The highest BCUT2D eigenvalue weighted by atomic mass is 15.1. The number of pyridine rings is 1. The molecule has 0 aliphatic rings. The van der Waals surface area contributed by atoms with Crippen molar-refractivity contribution in [3.8, 4) is 0 Å². The normalized spacial score (nSPS) is 11.5. The number of nitrogen functional groups attached to an aromatic ring is 1. The van der Waals surface area contributed by atoms with Gasteiger partial charge in [0.1, 0.15) is 11.6 Å². The molecule has 0 radical (unpaired) electrons. The molecule has 0 aliphatic heterocycles. The molecular weight excluding hydrogens is 186 g/mol. The topological polar surface area (TPSA) is 43.3 Å². The zero-order valence-electron chi connectivity index (χ0n) is 9.49. The van der Waals surface area contributed by atoms with E-state index in [-0.39, 0.29) is 0 Å². The highest BCUT2D eigenvalue weighted by molar-refractivity contribution is 5.70. The predicted octanol–water partition coefficient (Wildman–Crippen LogP) is 2.42. The Morgan fingerprint density at radius 1 is 1.47 bits per heavy atom. The van der Waals surface area contributed by atoms with Gasteiger partial charge in [-0.1, -0.05) is 19.9 Å². The summed E-state index contributed by atoms with van der Waals surface area (Å²) >= 11 is 0. The van der Waals surface area contributed by atoms with Gasteiger partial charge in [0.15, 0.2) is 0 Å². The summed E-state index contributed by atoms with van der Waals surface area (Å²) in [5.74, 6) is 2.29. The van der Waals surface area contributed by atoms with Crippen LogP contribution in [0, 0.1) is 12.8 Å². The van der Waals surface area contributed by atoms with Gasteiger partial charge in [-0.2, -0.15) is 0 Å². The van der Waals surface area contributed by atoms with Crippen molar-refractivity contribution in [3.63, 3.8) is 0 Å². The maximum absolute atomic E-state index is 5.92. The zero-order chi connectivity index (χ0) is 11.0. The van der Waals surface area contributed by atoms with Crippen LogP contribution in [0.4, 0.5) is 5.82 Å². The lowest BCUT2D eigenvalue weighted by Gasteiger charge is -2.04. The molecule has 2 aromatic heterocycles. The van der Waals surface area contributed by atoms with Crippen molar-refractivity contribution in [2.75, 3.05) is 5.73 Å². The molecule has 0 bridgehead atoms. The number of anilines is 1. The van der Waals surface area contributed by atoms with Crippen molar-refractivity contribution >= 4 is 11.3 Å². The number of fused-ring (bicyclic) bond motifs is 1. The monoisotopic (exact) mass is 203 g/mol. The number of aromatic nitrogens is 2. The summed E-state index contributed by atoms with van der Waals surface area (Å²) in [5, 5.41) is 0. The maximum atomic E-state index is 5.92. The Morgan fingerprint density at radius 2 is 2.20 bits per heavy atom. The van der Waals surface area contributed by atoms with E-state index in [1.165, 1.54) is 5.56 Å². The molecule has 0 aliphatic carbocycles. The SMILES string of the molecule is Cc1cccn2c(CC(C)C)nc(N)c12. The van der Waals surface area contributed by atoms with Crippen LogP contribution in [0.3, 0.4) is 0 Å². The second-order valence-corrected chi connectivity index (χ2v) is 4.42. The zero-order valence-corrected chi connectivity index (χ0v) is 9.49. The molecule has 0 unspecified atom stereocenters. The molecule has 3 nitrogen and oxygen atoms in total. The number of nitrogens with two attached hydrogens (primary N) is 1. The highest BCUT2D eigenvalue weighted by Crippen LogP contribution is 2.20. The Balaban J connectivity index is 2.63.